The molecular formula is C30H35NO7. The summed E-state index contributed by atoms with van der Waals surface area (Å²) in [6.45, 7) is 9.39. The minimum absolute atomic E-state index is 0.0755. The molecule has 8 nitrogen and oxygen atoms in total. The number of rotatable bonds is 5. The molecule has 202 valence electrons. The third kappa shape index (κ3) is 4.01. The zero-order valence-corrected chi connectivity index (χ0v) is 22.5. The second-order valence-electron chi connectivity index (χ2n) is 11.5. The summed E-state index contributed by atoms with van der Waals surface area (Å²) in [4.78, 5) is 43.0. The van der Waals surface area contributed by atoms with Gasteiger partial charge in [0.15, 0.2) is 0 Å². The lowest BCUT2D eigenvalue weighted by Crippen LogP contribution is -2.73. The number of benzene rings is 1. The van der Waals surface area contributed by atoms with Crippen molar-refractivity contribution in [3.8, 4) is 0 Å². The first kappa shape index (κ1) is 26.4. The Morgan fingerprint density at radius 1 is 0.895 bits per heavy atom. The molecule has 2 heterocycles. The molecule has 0 N–H and O–H groups in total. The largest absolute Gasteiger partial charge is 0.462 e. The van der Waals surface area contributed by atoms with Crippen LogP contribution in [0.4, 0.5) is 0 Å². The molecule has 3 aliphatic rings. The first-order chi connectivity index (χ1) is 18.0. The van der Waals surface area contributed by atoms with Crippen molar-refractivity contribution in [1.82, 2.24) is 4.98 Å². The van der Waals surface area contributed by atoms with E-state index in [4.69, 9.17) is 18.9 Å². The molecule has 0 amide bonds. The van der Waals surface area contributed by atoms with Gasteiger partial charge in [-0.3, -0.25) is 9.78 Å². The van der Waals surface area contributed by atoms with Crippen molar-refractivity contribution in [2.75, 3.05) is 0 Å². The normalized spacial score (nSPS) is 35.0. The summed E-state index contributed by atoms with van der Waals surface area (Å²) in [6, 6.07) is 12.2. The van der Waals surface area contributed by atoms with Gasteiger partial charge in [-0.15, -0.1) is 0 Å². The maximum atomic E-state index is 13.3. The van der Waals surface area contributed by atoms with Crippen molar-refractivity contribution in [2.45, 2.75) is 83.4 Å². The van der Waals surface area contributed by atoms with Gasteiger partial charge in [-0.1, -0.05) is 25.1 Å². The van der Waals surface area contributed by atoms with Gasteiger partial charge in [0.25, 0.3) is 0 Å². The molecule has 2 aromatic rings. The first-order valence-corrected chi connectivity index (χ1v) is 13.2. The quantitative estimate of drug-likeness (QED) is 0.410. The molecule has 1 saturated heterocycles. The van der Waals surface area contributed by atoms with E-state index < -0.39 is 52.8 Å². The third-order valence-electron chi connectivity index (χ3n) is 9.05. The molecule has 1 aromatic heterocycles. The van der Waals surface area contributed by atoms with Crippen molar-refractivity contribution in [2.24, 2.45) is 17.3 Å². The van der Waals surface area contributed by atoms with Crippen LogP contribution in [-0.2, 0) is 23.7 Å². The Hall–Kier alpha value is -3.26. The van der Waals surface area contributed by atoms with Crippen molar-refractivity contribution in [3.05, 3.63) is 66.0 Å². The summed E-state index contributed by atoms with van der Waals surface area (Å²) in [5, 5.41) is 0. The molecule has 8 heteroatoms. The Morgan fingerprint density at radius 2 is 1.58 bits per heavy atom. The topological polar surface area (TPSA) is 101 Å². The molecule has 1 aliphatic heterocycles. The standard InChI is InChI=1S/C30H35NO7/c1-18-13-14-23(35-19(2)32)29(5)24(36-26(33)20-10-7-6-8-11-20)16-22-25(30(18,29)38-28(22,3)4)37-27(34)21-12-9-15-31-17-21/h6-12,15,17-18,22-25H,13-14,16H2,1-5H3. The summed E-state index contributed by atoms with van der Waals surface area (Å²) in [6.07, 6.45) is 2.86. The summed E-state index contributed by atoms with van der Waals surface area (Å²) >= 11 is 0. The molecule has 1 spiro atoms. The monoisotopic (exact) mass is 521 g/mol. The van der Waals surface area contributed by atoms with E-state index >= 15 is 0 Å². The highest BCUT2D eigenvalue weighted by molar-refractivity contribution is 5.90. The molecule has 0 radical (unpaired) electrons. The molecule has 5 rings (SSSR count). The number of nitrogens with zero attached hydrogens (tertiary/aromatic N) is 1. The second kappa shape index (κ2) is 9.49. The van der Waals surface area contributed by atoms with Crippen LogP contribution in [0.3, 0.4) is 0 Å². The molecule has 3 fully saturated rings. The lowest BCUT2D eigenvalue weighted by Gasteiger charge is -2.61. The fraction of sp³-hybridized carbons (Fsp3) is 0.533. The second-order valence-corrected chi connectivity index (χ2v) is 11.5. The third-order valence-corrected chi connectivity index (χ3v) is 9.05. The molecule has 2 saturated carbocycles. The van der Waals surface area contributed by atoms with Crippen LogP contribution < -0.4 is 0 Å². The molecular weight excluding hydrogens is 486 g/mol. The predicted octanol–water partition coefficient (Wildman–Crippen LogP) is 4.77. The minimum Gasteiger partial charge on any atom is -0.462 e. The van der Waals surface area contributed by atoms with Crippen LogP contribution in [0.25, 0.3) is 0 Å². The highest BCUT2D eigenvalue weighted by atomic mass is 16.6. The van der Waals surface area contributed by atoms with E-state index in [0.29, 0.717) is 30.4 Å². The van der Waals surface area contributed by atoms with Crippen LogP contribution in [0.15, 0.2) is 54.9 Å². The smallest absolute Gasteiger partial charge is 0.340 e. The van der Waals surface area contributed by atoms with Crippen molar-refractivity contribution in [1.29, 1.82) is 0 Å². The van der Waals surface area contributed by atoms with Gasteiger partial charge in [0.2, 0.25) is 0 Å². The van der Waals surface area contributed by atoms with Crippen LogP contribution in [0.2, 0.25) is 0 Å². The van der Waals surface area contributed by atoms with Gasteiger partial charge in [0.1, 0.15) is 23.9 Å². The number of esters is 3. The van der Waals surface area contributed by atoms with Gasteiger partial charge >= 0.3 is 17.9 Å². The summed E-state index contributed by atoms with van der Waals surface area (Å²) in [7, 11) is 0. The minimum atomic E-state index is -1.06. The van der Waals surface area contributed by atoms with E-state index in [2.05, 4.69) is 11.9 Å². The van der Waals surface area contributed by atoms with E-state index in [1.54, 1.807) is 42.6 Å². The number of pyridine rings is 1. The Labute approximate surface area is 223 Å². The highest BCUT2D eigenvalue weighted by Gasteiger charge is 2.79. The zero-order valence-electron chi connectivity index (χ0n) is 22.5. The highest BCUT2D eigenvalue weighted by Crippen LogP contribution is 2.67. The summed E-state index contributed by atoms with van der Waals surface area (Å²) in [5.74, 6) is -1.69. The SMILES string of the molecule is CC(=O)OC1CCC(C)C23OC(C)(C)C(CC(OC(=O)c4ccccc4)C12C)C3OC(=O)c1cccnc1. The van der Waals surface area contributed by atoms with E-state index in [1.807, 2.05) is 26.8 Å². The maximum absolute atomic E-state index is 13.3. The number of aromatic nitrogens is 1. The Bertz CT molecular complexity index is 1220. The van der Waals surface area contributed by atoms with E-state index in [1.165, 1.54) is 13.1 Å². The molecule has 7 atom stereocenters. The first-order valence-electron chi connectivity index (χ1n) is 13.2. The Morgan fingerprint density at radius 3 is 2.24 bits per heavy atom. The van der Waals surface area contributed by atoms with Gasteiger partial charge in [-0.2, -0.15) is 0 Å². The van der Waals surface area contributed by atoms with Crippen LogP contribution in [-0.4, -0.2) is 52.4 Å². The van der Waals surface area contributed by atoms with Crippen LogP contribution in [0, 0.1) is 17.3 Å². The number of carbonyl (C=O) groups is 3. The average Bonchev–Trinajstić information content (AvgIpc) is 3.07. The number of fused-ring (bicyclic) bond motifs is 1. The van der Waals surface area contributed by atoms with Gasteiger partial charge in [-0.05, 0) is 70.2 Å². The molecule has 2 bridgehead atoms. The molecule has 38 heavy (non-hydrogen) atoms. The van der Waals surface area contributed by atoms with Gasteiger partial charge in [0.05, 0.1) is 22.1 Å². The van der Waals surface area contributed by atoms with Crippen molar-refractivity contribution < 1.29 is 33.3 Å². The van der Waals surface area contributed by atoms with Crippen LogP contribution in [0.5, 0.6) is 0 Å². The van der Waals surface area contributed by atoms with Crippen molar-refractivity contribution in [3.63, 3.8) is 0 Å². The lowest BCUT2D eigenvalue weighted by molar-refractivity contribution is -0.282. The van der Waals surface area contributed by atoms with Gasteiger partial charge in [-0.25, -0.2) is 9.59 Å². The van der Waals surface area contributed by atoms with Gasteiger partial charge in [0, 0.05) is 25.2 Å². The molecule has 1 aromatic carbocycles. The van der Waals surface area contributed by atoms with Crippen molar-refractivity contribution >= 4 is 17.9 Å². The maximum Gasteiger partial charge on any atom is 0.340 e. The fourth-order valence-electron chi connectivity index (χ4n) is 7.23. The van der Waals surface area contributed by atoms with Gasteiger partial charge < -0.3 is 18.9 Å². The number of carbonyl (C=O) groups excluding carboxylic acids is 3. The fourth-order valence-corrected chi connectivity index (χ4v) is 7.23. The Balaban J connectivity index is 1.60. The van der Waals surface area contributed by atoms with Crippen LogP contribution >= 0.6 is 0 Å². The van der Waals surface area contributed by atoms with E-state index in [-0.39, 0.29) is 11.8 Å². The molecule has 7 unspecified atom stereocenters. The predicted molar refractivity (Wildman–Crippen MR) is 137 cm³/mol. The number of hydrogen-bond acceptors (Lipinski definition) is 8. The molecule has 2 aliphatic carbocycles. The van der Waals surface area contributed by atoms with Crippen LogP contribution in [0.1, 0.15) is 74.6 Å². The number of ether oxygens (including phenoxy) is 4. The van der Waals surface area contributed by atoms with E-state index in [0.717, 1.165) is 0 Å². The summed E-state index contributed by atoms with van der Waals surface area (Å²) in [5.41, 5.74) is -1.94. The lowest BCUT2D eigenvalue weighted by atomic mass is 9.49. The number of hydrogen-bond donors (Lipinski definition) is 0. The zero-order chi connectivity index (χ0) is 27.3. The Kier molecular flexibility index (Phi) is 6.58. The van der Waals surface area contributed by atoms with E-state index in [9.17, 15) is 14.4 Å². The summed E-state index contributed by atoms with van der Waals surface area (Å²) < 4.78 is 25.5. The average molecular weight is 522 g/mol.